The fourth-order valence-corrected chi connectivity index (χ4v) is 4.03. The molecule has 0 spiro atoms. The van der Waals surface area contributed by atoms with Gasteiger partial charge in [0.25, 0.3) is 5.91 Å². The van der Waals surface area contributed by atoms with Gasteiger partial charge in [0.05, 0.1) is 8.45 Å². The third kappa shape index (κ3) is 2.49. The number of hydrogen-bond donors (Lipinski definition) is 1. The summed E-state index contributed by atoms with van der Waals surface area (Å²) in [6, 6.07) is 10.1. The van der Waals surface area contributed by atoms with Crippen LogP contribution in [0.5, 0.6) is 0 Å². The number of nitrogens with two attached hydrogens (primary N) is 1. The number of anilines is 1. The van der Waals surface area contributed by atoms with Crippen molar-refractivity contribution < 1.29 is 4.79 Å². The van der Waals surface area contributed by atoms with Crippen LogP contribution in [-0.2, 0) is 0 Å². The van der Waals surface area contributed by atoms with Gasteiger partial charge in [-0.05, 0) is 53.3 Å². The molecule has 3 nitrogen and oxygen atoms in total. The molecule has 2 aromatic rings. The molecule has 2 N–H and O–H groups in total. The van der Waals surface area contributed by atoms with Crippen molar-refractivity contribution in [1.82, 2.24) is 0 Å². The number of benzene rings is 1. The Morgan fingerprint density at radius 3 is 2.95 bits per heavy atom. The number of amides is 1. The number of nitrogens with zero attached hydrogens (tertiary/aromatic N) is 1. The summed E-state index contributed by atoms with van der Waals surface area (Å²) in [4.78, 5) is 14.6. The molecule has 0 saturated carbocycles. The van der Waals surface area contributed by atoms with Crippen molar-refractivity contribution in [3.63, 3.8) is 0 Å². The van der Waals surface area contributed by atoms with Crippen LogP contribution in [0, 0.1) is 2.88 Å². The first-order valence-corrected chi connectivity index (χ1v) is 8.51. The Morgan fingerprint density at radius 2 is 2.25 bits per heavy atom. The lowest BCUT2D eigenvalue weighted by molar-refractivity contribution is 0.0988. The SMILES string of the molecule is NCCC1CN(C(=O)c2csc(I)c2)c2ccccc21. The lowest BCUT2D eigenvalue weighted by Gasteiger charge is -2.17. The van der Waals surface area contributed by atoms with E-state index in [0.717, 1.165) is 27.1 Å². The van der Waals surface area contributed by atoms with Gasteiger partial charge in [-0.3, -0.25) is 4.79 Å². The van der Waals surface area contributed by atoms with E-state index in [1.54, 1.807) is 11.3 Å². The van der Waals surface area contributed by atoms with E-state index in [4.69, 9.17) is 5.73 Å². The molecule has 0 aliphatic carbocycles. The number of hydrogen-bond acceptors (Lipinski definition) is 3. The fourth-order valence-electron chi connectivity index (χ4n) is 2.71. The molecular weight excluding hydrogens is 383 g/mol. The second-order valence-electron chi connectivity index (χ2n) is 4.89. The summed E-state index contributed by atoms with van der Waals surface area (Å²) in [5.41, 5.74) is 8.76. The van der Waals surface area contributed by atoms with Crippen LogP contribution in [0.4, 0.5) is 5.69 Å². The molecule has 1 unspecified atom stereocenters. The van der Waals surface area contributed by atoms with E-state index in [2.05, 4.69) is 28.7 Å². The van der Waals surface area contributed by atoms with E-state index in [-0.39, 0.29) is 5.91 Å². The van der Waals surface area contributed by atoms with Gasteiger partial charge in [-0.1, -0.05) is 18.2 Å². The summed E-state index contributed by atoms with van der Waals surface area (Å²) >= 11 is 3.85. The number of halogens is 1. The molecule has 3 rings (SSSR count). The van der Waals surface area contributed by atoms with Crippen LogP contribution < -0.4 is 10.6 Å². The normalized spacial score (nSPS) is 17.3. The Kier molecular flexibility index (Phi) is 4.09. The Bertz CT molecular complexity index is 640. The van der Waals surface area contributed by atoms with Gasteiger partial charge < -0.3 is 10.6 Å². The van der Waals surface area contributed by atoms with Crippen molar-refractivity contribution in [2.45, 2.75) is 12.3 Å². The van der Waals surface area contributed by atoms with Crippen molar-refractivity contribution in [2.75, 3.05) is 18.0 Å². The number of carbonyl (C=O) groups excluding carboxylic acids is 1. The molecule has 20 heavy (non-hydrogen) atoms. The van der Waals surface area contributed by atoms with Crippen molar-refractivity contribution in [2.24, 2.45) is 5.73 Å². The van der Waals surface area contributed by atoms with Gasteiger partial charge in [0, 0.05) is 23.5 Å². The molecule has 104 valence electrons. The first-order valence-electron chi connectivity index (χ1n) is 6.55. The maximum Gasteiger partial charge on any atom is 0.259 e. The molecule has 1 aromatic carbocycles. The predicted octanol–water partition coefficient (Wildman–Crippen LogP) is 3.45. The van der Waals surface area contributed by atoms with Crippen LogP contribution >= 0.6 is 33.9 Å². The lowest BCUT2D eigenvalue weighted by Crippen LogP contribution is -2.29. The average molecular weight is 398 g/mol. The van der Waals surface area contributed by atoms with Gasteiger partial charge >= 0.3 is 0 Å². The van der Waals surface area contributed by atoms with Crippen LogP contribution in [0.15, 0.2) is 35.7 Å². The molecule has 0 fully saturated rings. The highest BCUT2D eigenvalue weighted by atomic mass is 127. The molecule has 1 atom stereocenters. The van der Waals surface area contributed by atoms with E-state index in [0.29, 0.717) is 12.5 Å². The van der Waals surface area contributed by atoms with E-state index in [9.17, 15) is 4.79 Å². The molecule has 1 aromatic heterocycles. The zero-order valence-electron chi connectivity index (χ0n) is 10.9. The Hall–Kier alpha value is -0.920. The van der Waals surface area contributed by atoms with Gasteiger partial charge in [0.15, 0.2) is 0 Å². The third-order valence-corrected chi connectivity index (χ3v) is 5.43. The monoisotopic (exact) mass is 398 g/mol. The van der Waals surface area contributed by atoms with Crippen molar-refractivity contribution in [3.05, 3.63) is 49.7 Å². The van der Waals surface area contributed by atoms with Gasteiger partial charge in [0.2, 0.25) is 0 Å². The van der Waals surface area contributed by atoms with Crippen molar-refractivity contribution >= 4 is 45.5 Å². The Labute approximate surface area is 135 Å². The topological polar surface area (TPSA) is 46.3 Å². The van der Waals surface area contributed by atoms with Crippen LogP contribution in [0.3, 0.4) is 0 Å². The van der Waals surface area contributed by atoms with Gasteiger partial charge in [-0.2, -0.15) is 0 Å². The maximum absolute atomic E-state index is 12.7. The molecule has 0 saturated heterocycles. The standard InChI is InChI=1S/C15H15IN2OS/c16-14-7-11(9-20-14)15(19)18-8-10(5-6-17)12-3-1-2-4-13(12)18/h1-4,7,9-10H,5-6,8,17H2. The lowest BCUT2D eigenvalue weighted by atomic mass is 9.98. The second-order valence-corrected chi connectivity index (χ2v) is 7.69. The Morgan fingerprint density at radius 1 is 1.45 bits per heavy atom. The molecular formula is C15H15IN2OS. The van der Waals surface area contributed by atoms with Gasteiger partial charge in [0.1, 0.15) is 0 Å². The van der Waals surface area contributed by atoms with E-state index in [1.807, 2.05) is 34.5 Å². The quantitative estimate of drug-likeness (QED) is 0.806. The minimum absolute atomic E-state index is 0.0936. The summed E-state index contributed by atoms with van der Waals surface area (Å²) < 4.78 is 1.14. The van der Waals surface area contributed by atoms with Crippen LogP contribution in [-0.4, -0.2) is 19.0 Å². The molecule has 1 aliphatic rings. The van der Waals surface area contributed by atoms with Gasteiger partial charge in [-0.25, -0.2) is 0 Å². The largest absolute Gasteiger partial charge is 0.330 e. The summed E-state index contributed by atoms with van der Waals surface area (Å²) in [6.45, 7) is 1.39. The summed E-state index contributed by atoms with van der Waals surface area (Å²) in [5.74, 6) is 0.453. The first-order chi connectivity index (χ1) is 9.70. The first kappa shape index (κ1) is 14.0. The minimum Gasteiger partial charge on any atom is -0.330 e. The third-order valence-electron chi connectivity index (χ3n) is 3.65. The number of rotatable bonds is 3. The van der Waals surface area contributed by atoms with Crippen molar-refractivity contribution in [3.8, 4) is 0 Å². The molecule has 0 radical (unpaired) electrons. The summed E-state index contributed by atoms with van der Waals surface area (Å²) in [5, 5.41) is 1.93. The van der Waals surface area contributed by atoms with Crippen molar-refractivity contribution in [1.29, 1.82) is 0 Å². The number of carbonyl (C=O) groups is 1. The van der Waals surface area contributed by atoms with E-state index in [1.165, 1.54) is 5.56 Å². The molecule has 0 bridgehead atoms. The highest BCUT2D eigenvalue weighted by molar-refractivity contribution is 14.1. The van der Waals surface area contributed by atoms with E-state index < -0.39 is 0 Å². The molecule has 5 heteroatoms. The fraction of sp³-hybridized carbons (Fsp3) is 0.267. The number of para-hydroxylation sites is 1. The zero-order chi connectivity index (χ0) is 14.1. The smallest absolute Gasteiger partial charge is 0.259 e. The second kappa shape index (κ2) is 5.83. The zero-order valence-corrected chi connectivity index (χ0v) is 13.9. The minimum atomic E-state index is 0.0936. The Balaban J connectivity index is 1.93. The summed E-state index contributed by atoms with van der Waals surface area (Å²) in [7, 11) is 0. The highest BCUT2D eigenvalue weighted by Gasteiger charge is 2.32. The van der Waals surface area contributed by atoms with E-state index >= 15 is 0 Å². The maximum atomic E-state index is 12.7. The van der Waals surface area contributed by atoms with Gasteiger partial charge in [-0.15, -0.1) is 11.3 Å². The highest BCUT2D eigenvalue weighted by Crippen LogP contribution is 2.38. The summed E-state index contributed by atoms with van der Waals surface area (Å²) in [6.07, 6.45) is 0.919. The number of thiophene rings is 1. The van der Waals surface area contributed by atoms with Crippen LogP contribution in [0.1, 0.15) is 28.3 Å². The van der Waals surface area contributed by atoms with Crippen LogP contribution in [0.25, 0.3) is 0 Å². The molecule has 1 amide bonds. The number of fused-ring (bicyclic) bond motifs is 1. The van der Waals surface area contributed by atoms with Crippen LogP contribution in [0.2, 0.25) is 0 Å². The predicted molar refractivity (Wildman–Crippen MR) is 91.6 cm³/mol. The average Bonchev–Trinajstić information content (AvgIpc) is 3.04. The molecule has 1 aliphatic heterocycles. The molecule has 2 heterocycles.